The van der Waals surface area contributed by atoms with E-state index in [1.165, 1.54) is 16.3 Å². The summed E-state index contributed by atoms with van der Waals surface area (Å²) in [5.74, 6) is 0.128. The minimum Gasteiger partial charge on any atom is -0.354 e. The van der Waals surface area contributed by atoms with E-state index >= 15 is 0 Å². The molecule has 0 bridgehead atoms. The fourth-order valence-electron chi connectivity index (χ4n) is 2.93. The molecule has 2 aromatic rings. The first-order chi connectivity index (χ1) is 9.72. The summed E-state index contributed by atoms with van der Waals surface area (Å²) >= 11 is 0. The third-order valence-electron chi connectivity index (χ3n) is 3.89. The number of amides is 1. The molecule has 2 atom stereocenters. The zero-order valence-electron chi connectivity index (χ0n) is 11.8. The third-order valence-corrected chi connectivity index (χ3v) is 3.89. The SMILES string of the molecule is CCNC(=O)[C@@H]1N=C(C)[C@@H]1c1cccc2ccccc12. The van der Waals surface area contributed by atoms with Gasteiger partial charge in [-0.2, -0.15) is 0 Å². The second-order valence-electron chi connectivity index (χ2n) is 5.16. The quantitative estimate of drug-likeness (QED) is 0.912. The van der Waals surface area contributed by atoms with Crippen molar-refractivity contribution in [2.45, 2.75) is 25.8 Å². The van der Waals surface area contributed by atoms with Gasteiger partial charge in [-0.3, -0.25) is 9.79 Å². The summed E-state index contributed by atoms with van der Waals surface area (Å²) in [5.41, 5.74) is 2.24. The molecule has 3 rings (SSSR count). The lowest BCUT2D eigenvalue weighted by molar-refractivity contribution is -0.122. The molecular formula is C17H18N2O. The van der Waals surface area contributed by atoms with Crippen LogP contribution in [0.2, 0.25) is 0 Å². The Morgan fingerprint density at radius 3 is 2.70 bits per heavy atom. The number of carbonyl (C=O) groups is 1. The predicted molar refractivity (Wildman–Crippen MR) is 82.3 cm³/mol. The van der Waals surface area contributed by atoms with E-state index in [0.29, 0.717) is 6.54 Å². The molecule has 0 saturated carbocycles. The van der Waals surface area contributed by atoms with Crippen LogP contribution in [0.1, 0.15) is 25.3 Å². The van der Waals surface area contributed by atoms with Gasteiger partial charge >= 0.3 is 0 Å². The van der Waals surface area contributed by atoms with Gasteiger partial charge in [-0.1, -0.05) is 42.5 Å². The lowest BCUT2D eigenvalue weighted by Gasteiger charge is -2.33. The fraction of sp³-hybridized carbons (Fsp3) is 0.294. The summed E-state index contributed by atoms with van der Waals surface area (Å²) in [6.07, 6.45) is 0. The highest BCUT2D eigenvalue weighted by Crippen LogP contribution is 2.36. The molecule has 1 heterocycles. The Bertz CT molecular complexity index is 685. The number of hydrogen-bond donors (Lipinski definition) is 1. The summed E-state index contributed by atoms with van der Waals surface area (Å²) in [6.45, 7) is 4.58. The number of benzene rings is 2. The van der Waals surface area contributed by atoms with Crippen molar-refractivity contribution in [2.75, 3.05) is 6.54 Å². The molecule has 0 radical (unpaired) electrons. The zero-order chi connectivity index (χ0) is 14.1. The Balaban J connectivity index is 2.03. The third kappa shape index (κ3) is 1.99. The van der Waals surface area contributed by atoms with E-state index in [1.54, 1.807) is 0 Å². The second-order valence-corrected chi connectivity index (χ2v) is 5.16. The van der Waals surface area contributed by atoms with E-state index in [0.717, 1.165) is 5.71 Å². The smallest absolute Gasteiger partial charge is 0.245 e. The topological polar surface area (TPSA) is 41.5 Å². The normalized spacial score (nSPS) is 21.2. The summed E-state index contributed by atoms with van der Waals surface area (Å²) in [7, 11) is 0. The molecule has 0 fully saturated rings. The van der Waals surface area contributed by atoms with Gasteiger partial charge in [0.1, 0.15) is 6.04 Å². The Labute approximate surface area is 118 Å². The molecule has 0 saturated heterocycles. The number of rotatable bonds is 3. The van der Waals surface area contributed by atoms with Crippen LogP contribution in [0.15, 0.2) is 47.5 Å². The van der Waals surface area contributed by atoms with Gasteiger partial charge in [-0.15, -0.1) is 0 Å². The number of nitrogens with one attached hydrogen (secondary N) is 1. The number of hydrogen-bond acceptors (Lipinski definition) is 2. The molecule has 1 amide bonds. The van der Waals surface area contributed by atoms with Crippen molar-refractivity contribution in [3.63, 3.8) is 0 Å². The molecule has 2 aromatic carbocycles. The summed E-state index contributed by atoms with van der Waals surface area (Å²) in [6, 6.07) is 14.3. The van der Waals surface area contributed by atoms with Crippen molar-refractivity contribution in [3.8, 4) is 0 Å². The Morgan fingerprint density at radius 1 is 1.20 bits per heavy atom. The summed E-state index contributed by atoms with van der Waals surface area (Å²) in [5, 5.41) is 5.29. The Morgan fingerprint density at radius 2 is 1.95 bits per heavy atom. The number of fused-ring (bicyclic) bond motifs is 1. The van der Waals surface area contributed by atoms with Gasteiger partial charge in [0, 0.05) is 12.3 Å². The van der Waals surface area contributed by atoms with Gasteiger partial charge in [0.05, 0.1) is 5.92 Å². The van der Waals surface area contributed by atoms with Gasteiger partial charge in [0.25, 0.3) is 0 Å². The van der Waals surface area contributed by atoms with E-state index < -0.39 is 0 Å². The van der Waals surface area contributed by atoms with E-state index in [2.05, 4.69) is 40.6 Å². The molecule has 0 aliphatic carbocycles. The first-order valence-corrected chi connectivity index (χ1v) is 7.02. The highest BCUT2D eigenvalue weighted by molar-refractivity contribution is 6.06. The van der Waals surface area contributed by atoms with E-state index in [4.69, 9.17) is 0 Å². The molecular weight excluding hydrogens is 248 g/mol. The highest BCUT2D eigenvalue weighted by Gasteiger charge is 2.38. The molecule has 0 spiro atoms. The van der Waals surface area contributed by atoms with Crippen LogP contribution in [0.5, 0.6) is 0 Å². The van der Waals surface area contributed by atoms with Gasteiger partial charge in [0.15, 0.2) is 0 Å². The number of nitrogens with zero attached hydrogens (tertiary/aromatic N) is 1. The van der Waals surface area contributed by atoms with Crippen LogP contribution in [0.25, 0.3) is 10.8 Å². The van der Waals surface area contributed by atoms with Crippen molar-refractivity contribution >= 4 is 22.4 Å². The van der Waals surface area contributed by atoms with E-state index in [1.807, 2.05) is 26.0 Å². The van der Waals surface area contributed by atoms with E-state index in [9.17, 15) is 4.79 Å². The average molecular weight is 266 g/mol. The number of carbonyl (C=O) groups excluding carboxylic acids is 1. The van der Waals surface area contributed by atoms with Crippen molar-refractivity contribution in [1.82, 2.24) is 5.32 Å². The van der Waals surface area contributed by atoms with E-state index in [-0.39, 0.29) is 17.9 Å². The first kappa shape index (κ1) is 12.9. The standard InChI is InChI=1S/C17H18N2O/c1-3-18-17(20)16-15(11(2)19-16)14-10-6-8-12-7-4-5-9-13(12)14/h4-10,15-16H,3H2,1-2H3,(H,18,20)/t15-,16-/m1/s1. The molecule has 1 aliphatic rings. The van der Waals surface area contributed by atoms with Crippen molar-refractivity contribution in [1.29, 1.82) is 0 Å². The fourth-order valence-corrected chi connectivity index (χ4v) is 2.93. The highest BCUT2D eigenvalue weighted by atomic mass is 16.2. The molecule has 3 nitrogen and oxygen atoms in total. The number of likely N-dealkylation sites (N-methyl/N-ethyl adjacent to an activating group) is 1. The van der Waals surface area contributed by atoms with Crippen molar-refractivity contribution in [3.05, 3.63) is 48.0 Å². The molecule has 0 unspecified atom stereocenters. The second kappa shape index (κ2) is 5.08. The molecule has 102 valence electrons. The minimum atomic E-state index is -0.277. The van der Waals surface area contributed by atoms with Gasteiger partial charge < -0.3 is 5.32 Å². The van der Waals surface area contributed by atoms with Gasteiger partial charge in [-0.25, -0.2) is 0 Å². The van der Waals surface area contributed by atoms with Crippen molar-refractivity contribution in [2.24, 2.45) is 4.99 Å². The maximum Gasteiger partial charge on any atom is 0.245 e. The van der Waals surface area contributed by atoms with Crippen LogP contribution in [-0.2, 0) is 4.79 Å². The summed E-state index contributed by atoms with van der Waals surface area (Å²) < 4.78 is 0. The first-order valence-electron chi connectivity index (χ1n) is 7.02. The van der Waals surface area contributed by atoms with Crippen LogP contribution >= 0.6 is 0 Å². The average Bonchev–Trinajstić information content (AvgIpc) is 2.45. The molecule has 0 aromatic heterocycles. The minimum absolute atomic E-state index is 0.0241. The summed E-state index contributed by atoms with van der Waals surface area (Å²) in [4.78, 5) is 16.5. The molecule has 3 heteroatoms. The van der Waals surface area contributed by atoms with Crippen LogP contribution in [0, 0.1) is 0 Å². The van der Waals surface area contributed by atoms with Gasteiger partial charge in [-0.05, 0) is 30.2 Å². The Kier molecular flexibility index (Phi) is 3.26. The van der Waals surface area contributed by atoms with Crippen LogP contribution < -0.4 is 5.32 Å². The predicted octanol–water partition coefficient (Wildman–Crippen LogP) is 2.90. The number of aliphatic imine (C=N–C) groups is 1. The van der Waals surface area contributed by atoms with Crippen molar-refractivity contribution < 1.29 is 4.79 Å². The molecule has 1 N–H and O–H groups in total. The zero-order valence-corrected chi connectivity index (χ0v) is 11.8. The monoisotopic (exact) mass is 266 g/mol. The largest absolute Gasteiger partial charge is 0.354 e. The van der Waals surface area contributed by atoms with Crippen LogP contribution in [0.4, 0.5) is 0 Å². The lowest BCUT2D eigenvalue weighted by Crippen LogP contribution is -2.45. The maximum atomic E-state index is 12.1. The molecule has 20 heavy (non-hydrogen) atoms. The lowest BCUT2D eigenvalue weighted by atomic mass is 9.80. The maximum absolute atomic E-state index is 12.1. The molecule has 1 aliphatic heterocycles. The van der Waals surface area contributed by atoms with Gasteiger partial charge in [0.2, 0.25) is 5.91 Å². The Hall–Kier alpha value is -2.16. The van der Waals surface area contributed by atoms with Crippen LogP contribution in [-0.4, -0.2) is 24.2 Å². The van der Waals surface area contributed by atoms with Crippen LogP contribution in [0.3, 0.4) is 0 Å².